The lowest BCUT2D eigenvalue weighted by Crippen LogP contribution is -2.41. The Balaban J connectivity index is 1.36. The summed E-state index contributed by atoms with van der Waals surface area (Å²) < 4.78 is 7.77. The number of fused-ring (bicyclic) bond motifs is 1. The number of rotatable bonds is 6. The molecular formula is C19H25N5O2. The monoisotopic (exact) mass is 355 g/mol. The van der Waals surface area contributed by atoms with Crippen molar-refractivity contribution in [2.24, 2.45) is 5.92 Å². The molecule has 0 spiro atoms. The molecule has 4 rings (SSSR count). The highest BCUT2D eigenvalue weighted by Crippen LogP contribution is 2.29. The molecule has 2 aromatic heterocycles. The first kappa shape index (κ1) is 17.0. The van der Waals surface area contributed by atoms with E-state index < -0.39 is 0 Å². The molecule has 26 heavy (non-hydrogen) atoms. The quantitative estimate of drug-likeness (QED) is 0.860. The highest BCUT2D eigenvalue weighted by atomic mass is 16.5. The van der Waals surface area contributed by atoms with Crippen molar-refractivity contribution in [1.29, 1.82) is 0 Å². The lowest BCUT2D eigenvalue weighted by Gasteiger charge is -2.26. The van der Waals surface area contributed by atoms with Gasteiger partial charge in [-0.2, -0.15) is 0 Å². The van der Waals surface area contributed by atoms with E-state index in [1.54, 1.807) is 18.3 Å². The standard InChI is InChI=1S/C19H25N5O2/c1-12(2)18-23-22-16-7-6-15(10-24(16)18)21-19(25)14-5-8-17(20-9-14)26-11-13-3-4-13/h5,8-9,12-13,15H,3-4,6-7,10-11H2,1-2H3,(H,21,25)/t15-/m1/s1. The Morgan fingerprint density at radius 2 is 2.15 bits per heavy atom. The first-order chi connectivity index (χ1) is 12.6. The number of aryl methyl sites for hydroxylation is 1. The molecule has 0 unspecified atom stereocenters. The predicted octanol–water partition coefficient (Wildman–Crippen LogP) is 2.33. The highest BCUT2D eigenvalue weighted by molar-refractivity contribution is 5.94. The highest BCUT2D eigenvalue weighted by Gasteiger charge is 2.25. The van der Waals surface area contributed by atoms with E-state index in [0.717, 1.165) is 37.6 Å². The van der Waals surface area contributed by atoms with Crippen molar-refractivity contribution in [3.05, 3.63) is 35.5 Å². The number of pyridine rings is 1. The number of hydrogen-bond donors (Lipinski definition) is 1. The summed E-state index contributed by atoms with van der Waals surface area (Å²) in [6.07, 6.45) is 5.78. The summed E-state index contributed by atoms with van der Waals surface area (Å²) in [7, 11) is 0. The molecule has 1 N–H and O–H groups in total. The number of nitrogens with one attached hydrogen (secondary N) is 1. The van der Waals surface area contributed by atoms with Gasteiger partial charge in [-0.1, -0.05) is 13.8 Å². The van der Waals surface area contributed by atoms with Crippen LogP contribution in [0.2, 0.25) is 0 Å². The van der Waals surface area contributed by atoms with Gasteiger partial charge in [0, 0.05) is 37.2 Å². The van der Waals surface area contributed by atoms with Crippen molar-refractivity contribution in [3.63, 3.8) is 0 Å². The Bertz CT molecular complexity index is 780. The van der Waals surface area contributed by atoms with Crippen LogP contribution in [0.5, 0.6) is 5.88 Å². The van der Waals surface area contributed by atoms with E-state index in [4.69, 9.17) is 4.74 Å². The molecule has 0 saturated heterocycles. The maximum absolute atomic E-state index is 12.5. The third kappa shape index (κ3) is 3.71. The van der Waals surface area contributed by atoms with Crippen LogP contribution in [0, 0.1) is 5.92 Å². The molecule has 1 aliphatic carbocycles. The van der Waals surface area contributed by atoms with E-state index in [1.165, 1.54) is 12.8 Å². The molecule has 2 aliphatic rings. The van der Waals surface area contributed by atoms with Crippen molar-refractivity contribution in [2.45, 2.75) is 58.0 Å². The number of carbonyl (C=O) groups excluding carboxylic acids is 1. The Labute approximate surface area is 153 Å². The fourth-order valence-corrected chi connectivity index (χ4v) is 3.25. The van der Waals surface area contributed by atoms with Gasteiger partial charge in [0.1, 0.15) is 11.6 Å². The van der Waals surface area contributed by atoms with Crippen molar-refractivity contribution in [3.8, 4) is 5.88 Å². The van der Waals surface area contributed by atoms with E-state index in [0.29, 0.717) is 23.3 Å². The lowest BCUT2D eigenvalue weighted by molar-refractivity contribution is 0.0926. The molecule has 1 fully saturated rings. The minimum atomic E-state index is -0.0983. The van der Waals surface area contributed by atoms with Crippen molar-refractivity contribution < 1.29 is 9.53 Å². The lowest BCUT2D eigenvalue weighted by atomic mass is 10.1. The van der Waals surface area contributed by atoms with Crippen LogP contribution in [-0.2, 0) is 13.0 Å². The Morgan fingerprint density at radius 1 is 1.31 bits per heavy atom. The second kappa shape index (κ2) is 7.05. The Hall–Kier alpha value is -2.44. The molecule has 0 aromatic carbocycles. The number of amides is 1. The first-order valence-electron chi connectivity index (χ1n) is 9.42. The summed E-state index contributed by atoms with van der Waals surface area (Å²) in [4.78, 5) is 16.8. The number of hydrogen-bond acceptors (Lipinski definition) is 5. The van der Waals surface area contributed by atoms with E-state index >= 15 is 0 Å². The summed E-state index contributed by atoms with van der Waals surface area (Å²) in [5.41, 5.74) is 0.558. The van der Waals surface area contributed by atoms with E-state index in [9.17, 15) is 4.79 Å². The predicted molar refractivity (Wildman–Crippen MR) is 96.1 cm³/mol. The number of nitrogens with zero attached hydrogens (tertiary/aromatic N) is 4. The fourth-order valence-electron chi connectivity index (χ4n) is 3.25. The number of carbonyl (C=O) groups is 1. The van der Waals surface area contributed by atoms with Crippen LogP contribution < -0.4 is 10.1 Å². The van der Waals surface area contributed by atoms with E-state index in [1.807, 2.05) is 0 Å². The van der Waals surface area contributed by atoms with Crippen LogP contribution in [0.15, 0.2) is 18.3 Å². The van der Waals surface area contributed by atoms with E-state index in [-0.39, 0.29) is 11.9 Å². The zero-order chi connectivity index (χ0) is 18.1. The summed E-state index contributed by atoms with van der Waals surface area (Å²) in [5, 5.41) is 11.7. The largest absolute Gasteiger partial charge is 0.477 e. The SMILES string of the molecule is CC(C)c1nnc2n1C[C@H](NC(=O)c1ccc(OCC3CC3)nc1)CC2. The molecule has 3 heterocycles. The zero-order valence-electron chi connectivity index (χ0n) is 15.3. The van der Waals surface area contributed by atoms with Crippen LogP contribution in [0.25, 0.3) is 0 Å². The van der Waals surface area contributed by atoms with Gasteiger partial charge in [-0.25, -0.2) is 4.98 Å². The van der Waals surface area contributed by atoms with E-state index in [2.05, 4.69) is 38.9 Å². The second-order valence-electron chi connectivity index (χ2n) is 7.59. The number of aromatic nitrogens is 4. The normalized spacial score (nSPS) is 19.3. The van der Waals surface area contributed by atoms with Crippen molar-refractivity contribution in [1.82, 2.24) is 25.1 Å². The molecule has 1 aliphatic heterocycles. The zero-order valence-corrected chi connectivity index (χ0v) is 15.3. The molecule has 0 bridgehead atoms. The van der Waals surface area contributed by atoms with Crippen LogP contribution in [0.3, 0.4) is 0 Å². The molecular weight excluding hydrogens is 330 g/mol. The van der Waals surface area contributed by atoms with Gasteiger partial charge < -0.3 is 14.6 Å². The van der Waals surface area contributed by atoms with Gasteiger partial charge >= 0.3 is 0 Å². The Kier molecular flexibility index (Phi) is 4.61. The topological polar surface area (TPSA) is 81.9 Å². The Morgan fingerprint density at radius 3 is 2.85 bits per heavy atom. The third-order valence-electron chi connectivity index (χ3n) is 4.99. The average Bonchev–Trinajstić information content (AvgIpc) is 3.37. The number of ether oxygens (including phenoxy) is 1. The minimum Gasteiger partial charge on any atom is -0.477 e. The van der Waals surface area contributed by atoms with Gasteiger partial charge in [0.25, 0.3) is 5.91 Å². The second-order valence-corrected chi connectivity index (χ2v) is 7.59. The summed E-state index contributed by atoms with van der Waals surface area (Å²) in [6, 6.07) is 3.62. The maximum Gasteiger partial charge on any atom is 0.253 e. The molecule has 0 radical (unpaired) electrons. The van der Waals surface area contributed by atoms with Crippen LogP contribution >= 0.6 is 0 Å². The molecule has 7 nitrogen and oxygen atoms in total. The van der Waals surface area contributed by atoms with Gasteiger partial charge in [0.2, 0.25) is 5.88 Å². The molecule has 1 saturated carbocycles. The van der Waals surface area contributed by atoms with Gasteiger partial charge in [0.15, 0.2) is 0 Å². The average molecular weight is 355 g/mol. The van der Waals surface area contributed by atoms with Crippen molar-refractivity contribution >= 4 is 5.91 Å². The van der Waals surface area contributed by atoms with Gasteiger partial charge in [-0.15, -0.1) is 10.2 Å². The van der Waals surface area contributed by atoms with Crippen LogP contribution in [0.4, 0.5) is 0 Å². The molecule has 1 atom stereocenters. The summed E-state index contributed by atoms with van der Waals surface area (Å²) in [5.74, 6) is 3.49. The van der Waals surface area contributed by atoms with Crippen LogP contribution in [-0.4, -0.2) is 38.3 Å². The smallest absolute Gasteiger partial charge is 0.253 e. The molecule has 7 heteroatoms. The fraction of sp³-hybridized carbons (Fsp3) is 0.579. The minimum absolute atomic E-state index is 0.0780. The molecule has 2 aromatic rings. The maximum atomic E-state index is 12.5. The van der Waals surface area contributed by atoms with Gasteiger partial charge in [-0.05, 0) is 31.2 Å². The first-order valence-corrected chi connectivity index (χ1v) is 9.42. The summed E-state index contributed by atoms with van der Waals surface area (Å²) >= 11 is 0. The molecule has 1 amide bonds. The third-order valence-corrected chi connectivity index (χ3v) is 4.99. The van der Waals surface area contributed by atoms with Gasteiger partial charge in [0.05, 0.1) is 12.2 Å². The summed E-state index contributed by atoms with van der Waals surface area (Å²) in [6.45, 7) is 5.66. The molecule has 138 valence electrons. The van der Waals surface area contributed by atoms with Gasteiger partial charge in [-0.3, -0.25) is 4.79 Å². The van der Waals surface area contributed by atoms with Crippen LogP contribution in [0.1, 0.15) is 61.0 Å². The van der Waals surface area contributed by atoms with Crippen molar-refractivity contribution in [2.75, 3.05) is 6.61 Å².